The largest absolute Gasteiger partial charge is 0.476 e. The maximum atomic E-state index is 12.9. The van der Waals surface area contributed by atoms with Gasteiger partial charge in [0.05, 0.1) is 6.54 Å². The summed E-state index contributed by atoms with van der Waals surface area (Å²) in [6.07, 6.45) is 6.49. The zero-order valence-corrected chi connectivity index (χ0v) is 14.6. The molecule has 1 saturated carbocycles. The summed E-state index contributed by atoms with van der Waals surface area (Å²) in [7, 11) is 1.58. The number of aromatic nitrogens is 2. The standard InChI is InChI=1S/C17H24N4O4/c1-17(16(25)18-11-7-5-3-4-6-8-11)10-21-13(14(22)20(17)2)9-12(19-21)15(23)24/h9,11H,3-8,10H2,1-2H3,(H,18,25)(H,23,24)/t17-/m0/s1. The van der Waals surface area contributed by atoms with Crippen molar-refractivity contribution in [3.8, 4) is 0 Å². The predicted molar refractivity (Wildman–Crippen MR) is 89.3 cm³/mol. The SMILES string of the molecule is CN1C(=O)c2cc(C(=O)O)nn2C[C@@]1(C)C(=O)NC1CCCCCC1. The lowest BCUT2D eigenvalue weighted by Crippen LogP contribution is -2.63. The van der Waals surface area contributed by atoms with Gasteiger partial charge in [0.2, 0.25) is 5.91 Å². The Kier molecular flexibility index (Phi) is 4.53. The number of amides is 2. The molecule has 2 heterocycles. The van der Waals surface area contributed by atoms with Crippen LogP contribution in [0.25, 0.3) is 0 Å². The molecule has 0 bridgehead atoms. The Balaban J connectivity index is 1.83. The van der Waals surface area contributed by atoms with Crippen LogP contribution < -0.4 is 5.32 Å². The lowest BCUT2D eigenvalue weighted by molar-refractivity contribution is -0.133. The molecule has 8 heteroatoms. The minimum Gasteiger partial charge on any atom is -0.476 e. The quantitative estimate of drug-likeness (QED) is 0.800. The van der Waals surface area contributed by atoms with Crippen LogP contribution >= 0.6 is 0 Å². The number of carbonyl (C=O) groups excluding carboxylic acids is 2. The van der Waals surface area contributed by atoms with Gasteiger partial charge in [-0.15, -0.1) is 0 Å². The highest BCUT2D eigenvalue weighted by atomic mass is 16.4. The smallest absolute Gasteiger partial charge is 0.356 e. The number of aromatic carboxylic acids is 1. The van der Waals surface area contributed by atoms with Crippen molar-refractivity contribution in [1.29, 1.82) is 0 Å². The number of hydrogen-bond donors (Lipinski definition) is 2. The number of fused-ring (bicyclic) bond motifs is 1. The molecule has 1 aliphatic carbocycles. The van der Waals surface area contributed by atoms with Gasteiger partial charge in [0.1, 0.15) is 11.2 Å². The molecule has 1 aromatic heterocycles. The van der Waals surface area contributed by atoms with Gasteiger partial charge in [-0.1, -0.05) is 25.7 Å². The zero-order valence-electron chi connectivity index (χ0n) is 14.6. The Bertz CT molecular complexity index is 706. The van der Waals surface area contributed by atoms with E-state index in [1.807, 2.05) is 0 Å². The maximum Gasteiger partial charge on any atom is 0.356 e. The maximum absolute atomic E-state index is 12.9. The first kappa shape index (κ1) is 17.4. The molecule has 8 nitrogen and oxygen atoms in total. The topological polar surface area (TPSA) is 105 Å². The van der Waals surface area contributed by atoms with Crippen molar-refractivity contribution >= 4 is 17.8 Å². The molecule has 1 aliphatic heterocycles. The predicted octanol–water partition coefficient (Wildman–Crippen LogP) is 1.26. The van der Waals surface area contributed by atoms with E-state index in [0.717, 1.165) is 25.7 Å². The van der Waals surface area contributed by atoms with Gasteiger partial charge in [0, 0.05) is 19.2 Å². The van der Waals surface area contributed by atoms with Gasteiger partial charge in [-0.25, -0.2) is 4.79 Å². The molecule has 2 aliphatic rings. The first-order chi connectivity index (χ1) is 11.8. The fourth-order valence-electron chi connectivity index (χ4n) is 3.60. The second-order valence-corrected chi connectivity index (χ2v) is 7.18. The molecule has 25 heavy (non-hydrogen) atoms. The Morgan fingerprint density at radius 1 is 1.28 bits per heavy atom. The fraction of sp³-hybridized carbons (Fsp3) is 0.647. The molecular formula is C17H24N4O4. The first-order valence-corrected chi connectivity index (χ1v) is 8.73. The Labute approximate surface area is 146 Å². The van der Waals surface area contributed by atoms with E-state index in [9.17, 15) is 14.4 Å². The number of nitrogens with one attached hydrogen (secondary N) is 1. The highest BCUT2D eigenvalue weighted by Crippen LogP contribution is 2.27. The molecule has 0 spiro atoms. The number of carboxylic acids is 1. The van der Waals surface area contributed by atoms with E-state index in [4.69, 9.17) is 5.11 Å². The van der Waals surface area contributed by atoms with Crippen LogP contribution in [0.5, 0.6) is 0 Å². The van der Waals surface area contributed by atoms with Gasteiger partial charge in [0.25, 0.3) is 5.91 Å². The molecule has 1 aromatic rings. The van der Waals surface area contributed by atoms with Crippen molar-refractivity contribution in [3.63, 3.8) is 0 Å². The molecular weight excluding hydrogens is 324 g/mol. The zero-order chi connectivity index (χ0) is 18.2. The molecule has 0 unspecified atom stereocenters. The molecule has 0 radical (unpaired) electrons. The molecule has 2 amide bonds. The summed E-state index contributed by atoms with van der Waals surface area (Å²) in [6, 6.07) is 1.38. The summed E-state index contributed by atoms with van der Waals surface area (Å²) in [6.45, 7) is 1.83. The van der Waals surface area contributed by atoms with Crippen LogP contribution in [0, 0.1) is 0 Å². The highest BCUT2D eigenvalue weighted by Gasteiger charge is 2.46. The first-order valence-electron chi connectivity index (χ1n) is 8.73. The number of likely N-dealkylation sites (N-methyl/N-ethyl adjacent to an activating group) is 1. The molecule has 2 N–H and O–H groups in total. The van der Waals surface area contributed by atoms with Gasteiger partial charge in [-0.3, -0.25) is 14.3 Å². The summed E-state index contributed by atoms with van der Waals surface area (Å²) in [5.41, 5.74) is -1.09. The third-order valence-corrected chi connectivity index (χ3v) is 5.40. The summed E-state index contributed by atoms with van der Waals surface area (Å²) in [5, 5.41) is 16.1. The Hall–Kier alpha value is -2.38. The second kappa shape index (κ2) is 6.50. The summed E-state index contributed by atoms with van der Waals surface area (Å²) in [4.78, 5) is 38.1. The average Bonchev–Trinajstić information content (AvgIpc) is 2.82. The third kappa shape index (κ3) is 3.12. The minimum atomic E-state index is -1.19. The van der Waals surface area contributed by atoms with Crippen molar-refractivity contribution in [1.82, 2.24) is 20.0 Å². The van der Waals surface area contributed by atoms with Gasteiger partial charge >= 0.3 is 5.97 Å². The Morgan fingerprint density at radius 2 is 1.92 bits per heavy atom. The van der Waals surface area contributed by atoms with E-state index in [2.05, 4.69) is 10.4 Å². The molecule has 136 valence electrons. The number of nitrogens with zero attached hydrogens (tertiary/aromatic N) is 3. The van der Waals surface area contributed by atoms with E-state index in [1.54, 1.807) is 14.0 Å². The van der Waals surface area contributed by atoms with Crippen LogP contribution in [-0.2, 0) is 11.3 Å². The number of carbonyl (C=O) groups is 3. The van der Waals surface area contributed by atoms with E-state index >= 15 is 0 Å². The molecule has 0 saturated heterocycles. The van der Waals surface area contributed by atoms with Crippen molar-refractivity contribution in [2.45, 2.75) is 63.6 Å². The summed E-state index contributed by atoms with van der Waals surface area (Å²) >= 11 is 0. The molecule has 1 fully saturated rings. The van der Waals surface area contributed by atoms with E-state index < -0.39 is 17.4 Å². The van der Waals surface area contributed by atoms with Crippen LogP contribution in [-0.4, -0.2) is 56.2 Å². The number of hydrogen-bond acceptors (Lipinski definition) is 4. The van der Waals surface area contributed by atoms with E-state index in [-0.39, 0.29) is 29.9 Å². The number of carboxylic acid groups (broad SMARTS) is 1. The third-order valence-electron chi connectivity index (χ3n) is 5.40. The lowest BCUT2D eigenvalue weighted by atomic mass is 9.95. The van der Waals surface area contributed by atoms with Gasteiger partial charge < -0.3 is 15.3 Å². The van der Waals surface area contributed by atoms with Crippen LogP contribution in [0.1, 0.15) is 66.4 Å². The minimum absolute atomic E-state index is 0.129. The Morgan fingerprint density at radius 3 is 2.52 bits per heavy atom. The summed E-state index contributed by atoms with van der Waals surface area (Å²) < 4.78 is 1.33. The van der Waals surface area contributed by atoms with Crippen molar-refractivity contribution in [3.05, 3.63) is 17.5 Å². The number of rotatable bonds is 3. The average molecular weight is 348 g/mol. The fourth-order valence-corrected chi connectivity index (χ4v) is 3.60. The van der Waals surface area contributed by atoms with Crippen molar-refractivity contribution < 1.29 is 19.5 Å². The normalized spacial score (nSPS) is 24.6. The monoisotopic (exact) mass is 348 g/mol. The van der Waals surface area contributed by atoms with Gasteiger partial charge in [0.15, 0.2) is 5.69 Å². The second-order valence-electron chi connectivity index (χ2n) is 7.18. The van der Waals surface area contributed by atoms with Crippen LogP contribution in [0.2, 0.25) is 0 Å². The van der Waals surface area contributed by atoms with Gasteiger partial charge in [-0.05, 0) is 19.8 Å². The van der Waals surface area contributed by atoms with Crippen LogP contribution in [0.4, 0.5) is 0 Å². The highest BCUT2D eigenvalue weighted by molar-refractivity contribution is 6.00. The van der Waals surface area contributed by atoms with E-state index in [0.29, 0.717) is 0 Å². The van der Waals surface area contributed by atoms with Crippen LogP contribution in [0.3, 0.4) is 0 Å². The summed E-state index contributed by atoms with van der Waals surface area (Å²) in [5.74, 6) is -1.81. The molecule has 3 rings (SSSR count). The van der Waals surface area contributed by atoms with Crippen molar-refractivity contribution in [2.24, 2.45) is 0 Å². The molecule has 0 aromatic carbocycles. The lowest BCUT2D eigenvalue weighted by Gasteiger charge is -2.41. The van der Waals surface area contributed by atoms with Gasteiger partial charge in [-0.2, -0.15) is 5.10 Å². The molecule has 1 atom stereocenters. The van der Waals surface area contributed by atoms with Crippen molar-refractivity contribution in [2.75, 3.05) is 7.05 Å². The van der Waals surface area contributed by atoms with Crippen LogP contribution in [0.15, 0.2) is 6.07 Å². The van der Waals surface area contributed by atoms with E-state index in [1.165, 1.54) is 28.5 Å².